The minimum Gasteiger partial charge on any atom is -0.355 e. The molecule has 4 aliphatic rings. The van der Waals surface area contributed by atoms with Gasteiger partial charge in [0, 0.05) is 74.1 Å². The number of nitrogens with one attached hydrogen (secondary N) is 1. The summed E-state index contributed by atoms with van der Waals surface area (Å²) in [5.74, 6) is 0. The van der Waals surface area contributed by atoms with Gasteiger partial charge in [-0.05, 0) is 158 Å². The topological polar surface area (TPSA) is 17.0 Å². The normalized spacial score (nSPS) is 18.8. The van der Waals surface area contributed by atoms with E-state index in [0.29, 0.717) is 0 Å². The predicted molar refractivity (Wildman–Crippen MR) is 310 cm³/mol. The highest BCUT2D eigenvalue weighted by molar-refractivity contribution is 8.00. The number of rotatable bonds is 4. The highest BCUT2D eigenvalue weighted by atomic mass is 32.2. The van der Waals surface area contributed by atoms with E-state index in [1.54, 1.807) is 0 Å². The summed E-state index contributed by atoms with van der Waals surface area (Å²) in [5, 5.41) is 9.46. The Morgan fingerprint density at radius 2 is 1.28 bits per heavy atom. The highest BCUT2D eigenvalue weighted by Gasteiger charge is 2.41. The second-order valence-corrected chi connectivity index (χ2v) is 27.3. The second-order valence-electron chi connectivity index (χ2n) is 24.7. The van der Waals surface area contributed by atoms with Crippen molar-refractivity contribution in [3.63, 3.8) is 0 Å². The molecular formula is C66H61BN2S2. The molecule has 1 unspecified atom stereocenters. The Morgan fingerprint density at radius 1 is 0.577 bits per heavy atom. The summed E-state index contributed by atoms with van der Waals surface area (Å²) >= 11 is 4.02. The number of thioether (sulfide) groups is 1. The summed E-state index contributed by atoms with van der Waals surface area (Å²) in [5.41, 5.74) is 24.7. The maximum absolute atomic E-state index is 4.07. The third kappa shape index (κ3) is 6.34. The molecule has 0 saturated heterocycles. The molecule has 0 bridgehead atoms. The van der Waals surface area contributed by atoms with Crippen LogP contribution in [-0.4, -0.2) is 11.8 Å². The van der Waals surface area contributed by atoms with Crippen LogP contribution < -0.4 is 16.2 Å². The van der Waals surface area contributed by atoms with Crippen LogP contribution in [-0.2, 0) is 32.8 Å². The molecule has 2 aliphatic carbocycles. The SMILES string of the molecule is CC(C)(C)c1ccc(Nc2cc3c(cc2-c2ccc4c5cc6c(cc5n5c4c2Bc2cc4c(cc2-5)SC(C)(c2ccccc2)C4)C(C)(C)c2ccccc2-6)sc2cc4c(cc23)C(C)(C)CCC4(C)C)cc1. The largest absolute Gasteiger partial charge is 0.355 e. The zero-order valence-electron chi connectivity index (χ0n) is 42.9. The van der Waals surface area contributed by atoms with Crippen LogP contribution in [0.5, 0.6) is 0 Å². The molecule has 71 heavy (non-hydrogen) atoms. The standard InChI is InChI=1S/C66H61BN2S2/c1-62(2,3)38-20-22-40(23-21-38)68-54-31-48-47-30-51-52(64(6,7)27-26-63(51,4)5)34-59(47)70-58(48)32-45(54)42-24-25-43-46-29-44-41-18-14-15-19-49(41)65(8,9)50(44)33-55(46)69-56-35-57-37(28-53(56)67-60(42)61(43)69)36-66(10,71-57)39-16-12-11-13-17-39/h11-25,28-35,67-68H,26-27,36H2,1-10H3. The first-order valence-electron chi connectivity index (χ1n) is 25.9. The average molecular weight is 957 g/mol. The van der Waals surface area contributed by atoms with Crippen molar-refractivity contribution in [1.82, 2.24) is 4.57 Å². The fourth-order valence-electron chi connectivity index (χ4n) is 13.5. The lowest BCUT2D eigenvalue weighted by atomic mass is 9.58. The number of nitrogens with zero attached hydrogens (tertiary/aromatic N) is 1. The summed E-state index contributed by atoms with van der Waals surface area (Å²) in [4.78, 5) is 1.41. The molecular weight excluding hydrogens is 896 g/mol. The van der Waals surface area contributed by atoms with Gasteiger partial charge in [-0.15, -0.1) is 23.1 Å². The van der Waals surface area contributed by atoms with E-state index < -0.39 is 0 Å². The highest BCUT2D eigenvalue weighted by Crippen LogP contribution is 2.55. The van der Waals surface area contributed by atoms with E-state index in [1.807, 2.05) is 23.1 Å². The summed E-state index contributed by atoms with van der Waals surface area (Å²) < 4.78 is 5.40. The molecule has 1 N–H and O–H groups in total. The average Bonchev–Trinajstić information content (AvgIpc) is 4.05. The van der Waals surface area contributed by atoms with Crippen LogP contribution in [0.2, 0.25) is 0 Å². The van der Waals surface area contributed by atoms with Gasteiger partial charge in [-0.3, -0.25) is 0 Å². The monoisotopic (exact) mass is 956 g/mol. The first-order valence-corrected chi connectivity index (χ1v) is 27.6. The van der Waals surface area contributed by atoms with E-state index in [0.717, 1.165) is 25.1 Å². The van der Waals surface area contributed by atoms with Crippen LogP contribution in [0.15, 0.2) is 144 Å². The van der Waals surface area contributed by atoms with Gasteiger partial charge in [-0.1, -0.05) is 153 Å². The van der Waals surface area contributed by atoms with Crippen LogP contribution in [0.25, 0.3) is 69.9 Å². The van der Waals surface area contributed by atoms with Crippen molar-refractivity contribution in [3.8, 4) is 27.9 Å². The Labute approximate surface area is 428 Å². The Kier molecular flexibility index (Phi) is 8.98. The van der Waals surface area contributed by atoms with Gasteiger partial charge in [-0.2, -0.15) is 0 Å². The van der Waals surface area contributed by atoms with Gasteiger partial charge in [0.15, 0.2) is 7.28 Å². The van der Waals surface area contributed by atoms with E-state index in [9.17, 15) is 0 Å². The Hall–Kier alpha value is -6.01. The predicted octanol–water partition coefficient (Wildman–Crippen LogP) is 16.8. The van der Waals surface area contributed by atoms with E-state index in [2.05, 4.69) is 219 Å². The Morgan fingerprint density at radius 3 is 2.04 bits per heavy atom. The molecule has 10 aromatic rings. The minimum atomic E-state index is -0.107. The lowest BCUT2D eigenvalue weighted by Crippen LogP contribution is -2.37. The van der Waals surface area contributed by atoms with Gasteiger partial charge in [-0.25, -0.2) is 0 Å². The molecule has 0 spiro atoms. The molecule has 1 atom stereocenters. The molecule has 14 rings (SSSR count). The molecule has 2 aromatic heterocycles. The number of aromatic nitrogens is 1. The molecule has 5 heteroatoms. The minimum absolute atomic E-state index is 0.0215. The third-order valence-corrected chi connectivity index (χ3v) is 20.3. The Bertz CT molecular complexity index is 3950. The number of hydrogen-bond acceptors (Lipinski definition) is 3. The zero-order chi connectivity index (χ0) is 48.7. The van der Waals surface area contributed by atoms with Gasteiger partial charge in [0.1, 0.15) is 0 Å². The molecule has 0 amide bonds. The van der Waals surface area contributed by atoms with Crippen LogP contribution in [0.3, 0.4) is 0 Å². The maximum atomic E-state index is 4.07. The summed E-state index contributed by atoms with van der Waals surface area (Å²) in [6.45, 7) is 24.0. The van der Waals surface area contributed by atoms with Crippen LogP contribution in [0, 0.1) is 0 Å². The van der Waals surface area contributed by atoms with Crippen LogP contribution in [0.4, 0.5) is 11.4 Å². The number of anilines is 2. The Balaban J connectivity index is 1.03. The van der Waals surface area contributed by atoms with E-state index in [-0.39, 0.29) is 26.4 Å². The van der Waals surface area contributed by atoms with Crippen molar-refractivity contribution in [2.24, 2.45) is 0 Å². The summed E-state index contributed by atoms with van der Waals surface area (Å²) in [7, 11) is 0.868. The molecule has 350 valence electrons. The molecule has 8 aromatic carbocycles. The van der Waals surface area contributed by atoms with Gasteiger partial charge in [0.05, 0.1) is 5.52 Å². The molecule has 2 aliphatic heterocycles. The summed E-state index contributed by atoms with van der Waals surface area (Å²) in [6, 6.07) is 54.8. The van der Waals surface area contributed by atoms with Crippen LogP contribution in [0.1, 0.15) is 121 Å². The quantitative estimate of drug-likeness (QED) is 0.177. The van der Waals surface area contributed by atoms with E-state index >= 15 is 0 Å². The first-order chi connectivity index (χ1) is 33.9. The third-order valence-electron chi connectivity index (χ3n) is 17.8. The lowest BCUT2D eigenvalue weighted by Gasteiger charge is -2.41. The molecule has 4 heterocycles. The van der Waals surface area contributed by atoms with Gasteiger partial charge >= 0.3 is 0 Å². The maximum Gasteiger partial charge on any atom is 0.198 e. The second kappa shape index (κ2) is 14.6. The van der Waals surface area contributed by atoms with Gasteiger partial charge < -0.3 is 9.88 Å². The van der Waals surface area contributed by atoms with Crippen molar-refractivity contribution in [2.45, 2.75) is 120 Å². The number of hydrogen-bond donors (Lipinski definition) is 1. The van der Waals surface area contributed by atoms with Gasteiger partial charge in [0.2, 0.25) is 0 Å². The molecule has 0 fully saturated rings. The van der Waals surface area contributed by atoms with Crippen molar-refractivity contribution in [1.29, 1.82) is 0 Å². The zero-order valence-corrected chi connectivity index (χ0v) is 44.5. The summed E-state index contributed by atoms with van der Waals surface area (Å²) in [6.07, 6.45) is 3.43. The number of fused-ring (bicyclic) bond motifs is 13. The van der Waals surface area contributed by atoms with E-state index in [4.69, 9.17) is 0 Å². The van der Waals surface area contributed by atoms with Crippen molar-refractivity contribution in [2.75, 3.05) is 5.32 Å². The van der Waals surface area contributed by atoms with Crippen molar-refractivity contribution < 1.29 is 0 Å². The fourth-order valence-corrected chi connectivity index (χ4v) is 16.0. The van der Waals surface area contributed by atoms with Crippen molar-refractivity contribution in [3.05, 3.63) is 178 Å². The molecule has 0 saturated carbocycles. The molecule has 0 radical (unpaired) electrons. The number of benzene rings is 8. The van der Waals surface area contributed by atoms with Crippen LogP contribution >= 0.6 is 23.1 Å². The number of thiophene rings is 1. The lowest BCUT2D eigenvalue weighted by molar-refractivity contribution is 0.332. The van der Waals surface area contributed by atoms with Crippen molar-refractivity contribution >= 4 is 94.7 Å². The van der Waals surface area contributed by atoms with E-state index in [1.165, 1.54) is 138 Å². The molecule has 2 nitrogen and oxygen atoms in total. The first kappa shape index (κ1) is 43.8. The fraction of sp³-hybridized carbons (Fsp3) is 0.273. The smallest absolute Gasteiger partial charge is 0.198 e. The van der Waals surface area contributed by atoms with Gasteiger partial charge in [0.25, 0.3) is 0 Å².